The largest absolute Gasteiger partial charge is 0.493 e. The van der Waals surface area contributed by atoms with E-state index in [-0.39, 0.29) is 17.2 Å². The molecule has 0 unspecified atom stereocenters. The van der Waals surface area contributed by atoms with Crippen LogP contribution >= 0.6 is 11.8 Å². The van der Waals surface area contributed by atoms with Crippen molar-refractivity contribution in [1.29, 1.82) is 0 Å². The Morgan fingerprint density at radius 2 is 2.12 bits per heavy atom. The molecule has 2 atom stereocenters. The van der Waals surface area contributed by atoms with E-state index in [1.165, 1.54) is 7.11 Å². The Hall–Kier alpha value is -1.89. The second kappa shape index (κ2) is 6.55. The molecule has 7 heteroatoms. The molecule has 1 N–H and O–H groups in total. The van der Waals surface area contributed by atoms with Gasteiger partial charge < -0.3 is 19.7 Å². The number of carbonyl (C=O) groups excluding carboxylic acids is 2. The normalized spacial score (nSPS) is 21.7. The van der Waals surface area contributed by atoms with Gasteiger partial charge in [0, 0.05) is 17.9 Å². The third-order valence-electron chi connectivity index (χ3n) is 4.28. The Bertz CT molecular complexity index is 677. The van der Waals surface area contributed by atoms with Gasteiger partial charge >= 0.3 is 0 Å². The Morgan fingerprint density at radius 3 is 2.75 bits per heavy atom. The van der Waals surface area contributed by atoms with Crippen molar-refractivity contribution in [3.8, 4) is 11.5 Å². The molecule has 0 saturated carbocycles. The molecule has 0 bridgehead atoms. The lowest BCUT2D eigenvalue weighted by Crippen LogP contribution is -2.46. The molecule has 0 aromatic heterocycles. The summed E-state index contributed by atoms with van der Waals surface area (Å²) in [5.74, 6) is 1.68. The maximum Gasteiger partial charge on any atom is 0.260 e. The van der Waals surface area contributed by atoms with Crippen LogP contribution in [-0.4, -0.2) is 49.3 Å². The number of hydrogen-bond donors (Lipinski definition) is 1. The quantitative estimate of drug-likeness (QED) is 0.880. The number of thioether (sulfide) groups is 1. The van der Waals surface area contributed by atoms with E-state index in [9.17, 15) is 9.59 Å². The van der Waals surface area contributed by atoms with E-state index < -0.39 is 6.04 Å². The van der Waals surface area contributed by atoms with Crippen molar-refractivity contribution in [2.24, 2.45) is 5.92 Å². The summed E-state index contributed by atoms with van der Waals surface area (Å²) in [6, 6.07) is 3.25. The molecule has 1 saturated heterocycles. The average molecular weight is 350 g/mol. The first-order valence-electron chi connectivity index (χ1n) is 7.96. The first kappa shape index (κ1) is 17.0. The number of ether oxygens (including phenoxy) is 2. The summed E-state index contributed by atoms with van der Waals surface area (Å²) in [5.41, 5.74) is 1.40. The monoisotopic (exact) mass is 350 g/mol. The van der Waals surface area contributed by atoms with Crippen LogP contribution in [0.1, 0.15) is 35.1 Å². The van der Waals surface area contributed by atoms with Crippen molar-refractivity contribution < 1.29 is 19.1 Å². The first-order valence-corrected chi connectivity index (χ1v) is 9.01. The highest BCUT2D eigenvalue weighted by atomic mass is 32.2. The van der Waals surface area contributed by atoms with Gasteiger partial charge in [0.05, 0.1) is 19.8 Å². The molecule has 2 aliphatic rings. The Balaban J connectivity index is 1.91. The van der Waals surface area contributed by atoms with Gasteiger partial charge in [0.2, 0.25) is 5.91 Å². The number of carbonyl (C=O) groups is 2. The highest BCUT2D eigenvalue weighted by molar-refractivity contribution is 7.99. The lowest BCUT2D eigenvalue weighted by atomic mass is 10.1. The fourth-order valence-electron chi connectivity index (χ4n) is 3.12. The van der Waals surface area contributed by atoms with E-state index in [2.05, 4.69) is 5.32 Å². The van der Waals surface area contributed by atoms with Crippen LogP contribution in [0.2, 0.25) is 0 Å². The lowest BCUT2D eigenvalue weighted by Gasteiger charge is -2.23. The van der Waals surface area contributed by atoms with Crippen LogP contribution in [0.15, 0.2) is 12.1 Å². The predicted octanol–water partition coefficient (Wildman–Crippen LogP) is 2.05. The van der Waals surface area contributed by atoms with E-state index >= 15 is 0 Å². The number of nitrogens with one attached hydrogen (secondary N) is 1. The molecule has 3 rings (SSSR count). The molecule has 1 fully saturated rings. The van der Waals surface area contributed by atoms with Crippen LogP contribution in [0.3, 0.4) is 0 Å². The molecular formula is C17H22N2O4S. The van der Waals surface area contributed by atoms with Gasteiger partial charge in [-0.25, -0.2) is 0 Å². The van der Waals surface area contributed by atoms with E-state index in [0.29, 0.717) is 35.3 Å². The van der Waals surface area contributed by atoms with Crippen molar-refractivity contribution in [3.63, 3.8) is 0 Å². The van der Waals surface area contributed by atoms with E-state index in [1.807, 2.05) is 19.9 Å². The van der Waals surface area contributed by atoms with Crippen molar-refractivity contribution in [1.82, 2.24) is 10.2 Å². The lowest BCUT2D eigenvalue weighted by molar-refractivity contribution is -0.124. The minimum atomic E-state index is -0.450. The first-order chi connectivity index (χ1) is 11.5. The molecule has 24 heavy (non-hydrogen) atoms. The molecule has 1 aromatic rings. The highest BCUT2D eigenvalue weighted by Crippen LogP contribution is 2.52. The number of hydrogen-bond acceptors (Lipinski definition) is 5. The predicted molar refractivity (Wildman–Crippen MR) is 92.6 cm³/mol. The maximum atomic E-state index is 13.0. The van der Waals surface area contributed by atoms with Crippen LogP contribution in [0, 0.1) is 5.92 Å². The average Bonchev–Trinajstić information content (AvgIpc) is 3.12. The molecule has 6 nitrogen and oxygen atoms in total. The fraction of sp³-hybridized carbons (Fsp3) is 0.529. The molecule has 130 valence electrons. The van der Waals surface area contributed by atoms with Gasteiger partial charge in [0.25, 0.3) is 5.91 Å². The minimum Gasteiger partial charge on any atom is -0.493 e. The van der Waals surface area contributed by atoms with Crippen LogP contribution in [0.4, 0.5) is 0 Å². The second-order valence-corrected chi connectivity index (χ2v) is 7.43. The van der Waals surface area contributed by atoms with Crippen molar-refractivity contribution in [2.45, 2.75) is 25.3 Å². The summed E-state index contributed by atoms with van der Waals surface area (Å²) >= 11 is 1.61. The Labute approximate surface area is 145 Å². The molecule has 1 aromatic carbocycles. The zero-order valence-corrected chi connectivity index (χ0v) is 15.1. The zero-order valence-electron chi connectivity index (χ0n) is 14.3. The zero-order chi connectivity index (χ0) is 17.4. The van der Waals surface area contributed by atoms with E-state index in [4.69, 9.17) is 9.47 Å². The van der Waals surface area contributed by atoms with Gasteiger partial charge in [-0.2, -0.15) is 0 Å². The molecule has 0 spiro atoms. The Morgan fingerprint density at radius 1 is 1.38 bits per heavy atom. The SMILES string of the molecule is COc1ccc2c(c1OC)C(=O)N1[C@@H](C(=O)NCC(C)C)CS[C@H]21. The van der Waals surface area contributed by atoms with Crippen LogP contribution in [-0.2, 0) is 4.79 Å². The number of benzene rings is 1. The topological polar surface area (TPSA) is 67.9 Å². The molecule has 0 radical (unpaired) electrons. The van der Waals surface area contributed by atoms with E-state index in [0.717, 1.165) is 5.56 Å². The minimum absolute atomic E-state index is 0.0919. The summed E-state index contributed by atoms with van der Waals surface area (Å²) < 4.78 is 10.7. The van der Waals surface area contributed by atoms with Crippen LogP contribution in [0.5, 0.6) is 11.5 Å². The maximum absolute atomic E-state index is 13.0. The molecular weight excluding hydrogens is 328 g/mol. The van der Waals surface area contributed by atoms with Gasteiger partial charge in [-0.15, -0.1) is 11.8 Å². The number of fused-ring (bicyclic) bond motifs is 3. The van der Waals surface area contributed by atoms with Gasteiger partial charge in [-0.3, -0.25) is 9.59 Å². The van der Waals surface area contributed by atoms with Gasteiger partial charge in [-0.05, 0) is 12.0 Å². The smallest absolute Gasteiger partial charge is 0.260 e. The number of rotatable bonds is 5. The van der Waals surface area contributed by atoms with E-state index in [1.54, 1.807) is 29.8 Å². The van der Waals surface area contributed by atoms with Gasteiger partial charge in [0.1, 0.15) is 11.4 Å². The van der Waals surface area contributed by atoms with Crippen LogP contribution in [0.25, 0.3) is 0 Å². The van der Waals surface area contributed by atoms with Crippen LogP contribution < -0.4 is 14.8 Å². The summed E-state index contributed by atoms with van der Waals surface area (Å²) in [7, 11) is 3.07. The second-order valence-electron chi connectivity index (χ2n) is 6.32. The molecule has 2 amide bonds. The summed E-state index contributed by atoms with van der Waals surface area (Å²) in [6.07, 6.45) is 0. The Kier molecular flexibility index (Phi) is 4.62. The number of nitrogens with zero attached hydrogens (tertiary/aromatic N) is 1. The highest BCUT2D eigenvalue weighted by Gasteiger charge is 2.50. The van der Waals surface area contributed by atoms with Crippen molar-refractivity contribution in [3.05, 3.63) is 23.3 Å². The molecule has 2 aliphatic heterocycles. The van der Waals surface area contributed by atoms with Crippen molar-refractivity contribution >= 4 is 23.6 Å². The molecule has 0 aliphatic carbocycles. The summed E-state index contributed by atoms with van der Waals surface area (Å²) in [5, 5.41) is 2.80. The van der Waals surface area contributed by atoms with Crippen molar-refractivity contribution in [2.75, 3.05) is 26.5 Å². The molecule has 2 heterocycles. The summed E-state index contributed by atoms with van der Waals surface area (Å²) in [6.45, 7) is 4.69. The third-order valence-corrected chi connectivity index (χ3v) is 5.58. The van der Waals surface area contributed by atoms with Gasteiger partial charge in [-0.1, -0.05) is 19.9 Å². The third kappa shape index (κ3) is 2.60. The standard InChI is InChI=1S/C17H22N2O4S/c1-9(2)7-18-15(20)11-8-24-17-10-5-6-12(22-3)14(23-4)13(10)16(21)19(11)17/h5-6,9,11,17H,7-8H2,1-4H3,(H,18,20)/t11-,17-/m1/s1. The fourth-order valence-corrected chi connectivity index (χ4v) is 4.57. The number of amides is 2. The number of methoxy groups -OCH3 is 2. The summed E-state index contributed by atoms with van der Waals surface area (Å²) in [4.78, 5) is 27.1. The van der Waals surface area contributed by atoms with Gasteiger partial charge in [0.15, 0.2) is 11.5 Å².